The molecule has 0 spiro atoms. The topological polar surface area (TPSA) is 109 Å². The minimum Gasteiger partial charge on any atom is -0.493 e. The summed E-state index contributed by atoms with van der Waals surface area (Å²) < 4.78 is 36.4. The summed E-state index contributed by atoms with van der Waals surface area (Å²) >= 11 is 0. The van der Waals surface area contributed by atoms with Crippen LogP contribution in [0.25, 0.3) is 0 Å². The lowest BCUT2D eigenvalue weighted by molar-refractivity contribution is 0.0930. The summed E-state index contributed by atoms with van der Waals surface area (Å²) in [5.74, 6) is 0.312. The Bertz CT molecular complexity index is 1260. The first kappa shape index (κ1) is 24.9. The molecule has 1 aliphatic rings. The second kappa shape index (κ2) is 10.6. The smallest absolute Gasteiger partial charge is 0.226 e. The zero-order chi connectivity index (χ0) is 24.9. The van der Waals surface area contributed by atoms with Crippen LogP contribution in [-0.4, -0.2) is 32.4 Å². The Morgan fingerprint density at radius 3 is 2.34 bits per heavy atom. The van der Waals surface area contributed by atoms with Crippen molar-refractivity contribution in [3.8, 4) is 11.5 Å². The molecule has 7 nitrogen and oxygen atoms in total. The molecule has 2 aromatic carbocycles. The third kappa shape index (κ3) is 5.23. The molecule has 0 bridgehead atoms. The van der Waals surface area contributed by atoms with Crippen molar-refractivity contribution in [1.29, 1.82) is 0 Å². The van der Waals surface area contributed by atoms with Gasteiger partial charge in [-0.25, -0.2) is 13.6 Å². The number of benzene rings is 2. The zero-order valence-electron chi connectivity index (χ0n) is 19.7. The molecule has 0 radical (unpaired) electrons. The molecule has 0 amide bonds. The van der Waals surface area contributed by atoms with Gasteiger partial charge in [-0.05, 0) is 73.9 Å². The molecule has 1 aliphatic carbocycles. The number of sulfonamides is 1. The van der Waals surface area contributed by atoms with Gasteiger partial charge >= 0.3 is 0 Å². The van der Waals surface area contributed by atoms with E-state index in [1.807, 2.05) is 0 Å². The number of primary sulfonamides is 1. The highest BCUT2D eigenvalue weighted by atomic mass is 32.2. The van der Waals surface area contributed by atoms with E-state index in [0.29, 0.717) is 17.9 Å². The summed E-state index contributed by atoms with van der Waals surface area (Å²) in [6, 6.07) is 16.8. The maximum absolute atomic E-state index is 14.0. The number of ketones is 1. The van der Waals surface area contributed by atoms with Crippen LogP contribution in [0.1, 0.15) is 53.6 Å². The van der Waals surface area contributed by atoms with E-state index in [-0.39, 0.29) is 23.7 Å². The molecule has 1 saturated carbocycles. The second-order valence-corrected chi connectivity index (χ2v) is 10.6. The maximum atomic E-state index is 14.0. The average Bonchev–Trinajstić information content (AvgIpc) is 3.38. The first-order valence-electron chi connectivity index (χ1n) is 11.7. The molecule has 3 aromatic rings. The van der Waals surface area contributed by atoms with E-state index < -0.39 is 20.6 Å². The van der Waals surface area contributed by atoms with Crippen molar-refractivity contribution in [1.82, 2.24) is 4.98 Å². The van der Waals surface area contributed by atoms with Gasteiger partial charge in [0.1, 0.15) is 0 Å². The third-order valence-corrected chi connectivity index (χ3v) is 8.23. The molecule has 1 unspecified atom stereocenters. The molecule has 2 N–H and O–H groups in total. The Hall–Kier alpha value is -3.23. The van der Waals surface area contributed by atoms with Gasteiger partial charge in [-0.2, -0.15) is 0 Å². The van der Waals surface area contributed by atoms with E-state index in [2.05, 4.69) is 4.98 Å². The van der Waals surface area contributed by atoms with Crippen LogP contribution in [0, 0.1) is 0 Å². The molecule has 35 heavy (non-hydrogen) atoms. The van der Waals surface area contributed by atoms with E-state index in [1.54, 1.807) is 73.1 Å². The monoisotopic (exact) mass is 494 g/mol. The molecule has 184 valence electrons. The molecule has 1 atom stereocenters. The maximum Gasteiger partial charge on any atom is 0.226 e. The lowest BCUT2D eigenvalue weighted by Gasteiger charge is -2.31. The summed E-state index contributed by atoms with van der Waals surface area (Å²) in [7, 11) is -2.89. The van der Waals surface area contributed by atoms with Gasteiger partial charge in [-0.3, -0.25) is 9.78 Å². The molecule has 1 fully saturated rings. The van der Waals surface area contributed by atoms with E-state index in [4.69, 9.17) is 14.6 Å². The molecule has 1 aromatic heterocycles. The van der Waals surface area contributed by atoms with E-state index in [1.165, 1.54) is 7.11 Å². The third-order valence-electron chi connectivity index (χ3n) is 6.63. The molecular weight excluding hydrogens is 464 g/mol. The van der Waals surface area contributed by atoms with Crippen LogP contribution in [0.15, 0.2) is 73.1 Å². The van der Waals surface area contributed by atoms with Crippen LogP contribution in [-0.2, 0) is 21.2 Å². The van der Waals surface area contributed by atoms with Gasteiger partial charge in [-0.1, -0.05) is 36.4 Å². The molecule has 0 saturated heterocycles. The highest BCUT2D eigenvalue weighted by Gasteiger charge is 2.50. The highest BCUT2D eigenvalue weighted by Crippen LogP contribution is 2.42. The molecule has 1 heterocycles. The number of ether oxygens (including phenoxy) is 2. The number of methoxy groups -OCH3 is 1. The summed E-state index contributed by atoms with van der Waals surface area (Å²) in [6.07, 6.45) is 7.53. The quantitative estimate of drug-likeness (QED) is 0.418. The predicted octanol–water partition coefficient (Wildman–Crippen LogP) is 4.41. The highest BCUT2D eigenvalue weighted by molar-refractivity contribution is 7.91. The first-order chi connectivity index (χ1) is 16.8. The number of pyridine rings is 1. The summed E-state index contributed by atoms with van der Waals surface area (Å²) in [4.78, 5) is 18.0. The summed E-state index contributed by atoms with van der Waals surface area (Å²) in [6.45, 7) is 0. The fourth-order valence-corrected chi connectivity index (χ4v) is 5.94. The van der Waals surface area contributed by atoms with Crippen LogP contribution in [0.5, 0.6) is 11.5 Å². The minimum atomic E-state index is -4.42. The standard InChI is InChI=1S/C27H30N2O5S/c1-33-24-12-11-22(19-25(24)34-23-9-5-6-10-23)27(35(28,31)32,16-13-20-14-17-29-18-15-20)26(30)21-7-3-2-4-8-21/h2-4,7-8,11-12,14-15,17-19,23H,5-6,9-10,13,16H2,1H3,(H2,28,31,32). The first-order valence-corrected chi connectivity index (χ1v) is 13.3. The van der Waals surface area contributed by atoms with Crippen molar-refractivity contribution in [3.63, 3.8) is 0 Å². The molecule has 8 heteroatoms. The average molecular weight is 495 g/mol. The van der Waals surface area contributed by atoms with Gasteiger partial charge < -0.3 is 9.47 Å². The van der Waals surface area contributed by atoms with Gasteiger partial charge in [0.05, 0.1) is 13.2 Å². The Balaban J connectivity index is 1.86. The second-order valence-electron chi connectivity index (χ2n) is 8.81. The van der Waals surface area contributed by atoms with Crippen molar-refractivity contribution in [3.05, 3.63) is 89.7 Å². The fraction of sp³-hybridized carbons (Fsp3) is 0.333. The fourth-order valence-electron chi connectivity index (χ4n) is 4.72. The molecule has 0 aliphatic heterocycles. The van der Waals surface area contributed by atoms with Crippen LogP contribution >= 0.6 is 0 Å². The van der Waals surface area contributed by atoms with E-state index >= 15 is 0 Å². The number of aryl methyl sites for hydroxylation is 1. The normalized spacial score (nSPS) is 15.9. The van der Waals surface area contributed by atoms with Crippen LogP contribution in [0.4, 0.5) is 0 Å². The van der Waals surface area contributed by atoms with Crippen LogP contribution in [0.2, 0.25) is 0 Å². The van der Waals surface area contributed by atoms with Crippen molar-refractivity contribution >= 4 is 15.8 Å². The number of carbonyl (C=O) groups is 1. The van der Waals surface area contributed by atoms with E-state index in [9.17, 15) is 13.2 Å². The van der Waals surface area contributed by atoms with Gasteiger partial charge in [0.2, 0.25) is 10.0 Å². The number of carbonyl (C=O) groups excluding carboxylic acids is 1. The van der Waals surface area contributed by atoms with Gasteiger partial charge in [0.15, 0.2) is 22.0 Å². The molecule has 4 rings (SSSR count). The number of nitrogens with two attached hydrogens (primary N) is 1. The Morgan fingerprint density at radius 2 is 1.71 bits per heavy atom. The number of rotatable bonds is 10. The lowest BCUT2D eigenvalue weighted by atomic mass is 9.84. The zero-order valence-corrected chi connectivity index (χ0v) is 20.5. The summed E-state index contributed by atoms with van der Waals surface area (Å²) in [5, 5.41) is 5.90. The molecular formula is C27H30N2O5S. The van der Waals surface area contributed by atoms with Gasteiger partial charge in [-0.15, -0.1) is 0 Å². The number of Topliss-reactive ketones (excluding diaryl/α,β-unsaturated/α-hetero) is 1. The van der Waals surface area contributed by atoms with Gasteiger partial charge in [0, 0.05) is 18.0 Å². The number of hydrogen-bond donors (Lipinski definition) is 1. The van der Waals surface area contributed by atoms with Crippen LogP contribution in [0.3, 0.4) is 0 Å². The van der Waals surface area contributed by atoms with Crippen LogP contribution < -0.4 is 14.6 Å². The van der Waals surface area contributed by atoms with Gasteiger partial charge in [0.25, 0.3) is 0 Å². The summed E-state index contributed by atoms with van der Waals surface area (Å²) in [5.41, 5.74) is 1.38. The lowest BCUT2D eigenvalue weighted by Crippen LogP contribution is -2.48. The van der Waals surface area contributed by atoms with Crippen molar-refractivity contribution in [2.75, 3.05) is 7.11 Å². The van der Waals surface area contributed by atoms with Crippen molar-refractivity contribution < 1.29 is 22.7 Å². The number of hydrogen-bond acceptors (Lipinski definition) is 6. The van der Waals surface area contributed by atoms with E-state index in [0.717, 1.165) is 31.2 Å². The Morgan fingerprint density at radius 1 is 1.03 bits per heavy atom. The number of nitrogens with zero attached hydrogens (tertiary/aromatic N) is 1. The Kier molecular flexibility index (Phi) is 7.52. The Labute approximate surface area is 206 Å². The SMILES string of the molecule is COc1ccc(C(CCc2ccncc2)(C(=O)c2ccccc2)S(N)(=O)=O)cc1OC1CCCC1. The van der Waals surface area contributed by atoms with Crippen molar-refractivity contribution in [2.45, 2.75) is 49.4 Å². The minimum absolute atomic E-state index is 0.0182. The largest absolute Gasteiger partial charge is 0.493 e. The van der Waals surface area contributed by atoms with Crippen molar-refractivity contribution in [2.24, 2.45) is 5.14 Å². The number of aromatic nitrogens is 1. The predicted molar refractivity (Wildman–Crippen MR) is 134 cm³/mol.